The average molecular weight is 454 g/mol. The van der Waals surface area contributed by atoms with Gasteiger partial charge in [-0.05, 0) is 60.1 Å². The van der Waals surface area contributed by atoms with E-state index in [9.17, 15) is 0 Å². The normalized spacial score (nSPS) is 12.9. The third-order valence-electron chi connectivity index (χ3n) is 3.19. The average Bonchev–Trinajstić information content (AvgIpc) is 2.79. The van der Waals surface area contributed by atoms with Crippen molar-refractivity contribution in [3.8, 4) is 0 Å². The summed E-state index contributed by atoms with van der Waals surface area (Å²) in [7, 11) is 3.97. The van der Waals surface area contributed by atoms with E-state index < -0.39 is 0 Å². The standard InChI is InChI=1S/C16H14Br2N4S/c1-21-15(19-13-7-3-11(17)4-8-13)22(2)23-16(21)20-14-9-5-12(18)6-10-14/h3-10H,1-2H3. The number of aryl methyl sites for hydroxylation is 1. The quantitative estimate of drug-likeness (QED) is 0.550. The number of aromatic nitrogens is 2. The van der Waals surface area contributed by atoms with E-state index in [1.54, 1.807) is 11.5 Å². The van der Waals surface area contributed by atoms with Crippen LogP contribution in [0.4, 0.5) is 11.4 Å². The first-order valence-corrected chi connectivity index (χ1v) is 9.23. The minimum absolute atomic E-state index is 0.855. The lowest BCUT2D eigenvalue weighted by Crippen LogP contribution is -2.26. The van der Waals surface area contributed by atoms with Gasteiger partial charge < -0.3 is 0 Å². The van der Waals surface area contributed by atoms with Crippen LogP contribution in [0.5, 0.6) is 0 Å². The molecular formula is C16H14Br2N4S. The fourth-order valence-electron chi connectivity index (χ4n) is 2.02. The van der Waals surface area contributed by atoms with Crippen LogP contribution >= 0.6 is 43.4 Å². The Kier molecular flexibility index (Phi) is 4.99. The summed E-state index contributed by atoms with van der Waals surface area (Å²) >= 11 is 8.43. The highest BCUT2D eigenvalue weighted by molar-refractivity contribution is 9.10. The van der Waals surface area contributed by atoms with Crippen LogP contribution in [0.2, 0.25) is 0 Å². The van der Waals surface area contributed by atoms with Crippen LogP contribution in [0.1, 0.15) is 0 Å². The fourth-order valence-corrected chi connectivity index (χ4v) is 3.39. The van der Waals surface area contributed by atoms with Crippen molar-refractivity contribution in [1.29, 1.82) is 0 Å². The highest BCUT2D eigenvalue weighted by Gasteiger charge is 2.01. The summed E-state index contributed by atoms with van der Waals surface area (Å²) in [6.45, 7) is 0. The van der Waals surface area contributed by atoms with Gasteiger partial charge in [0.15, 0.2) is 0 Å². The summed E-state index contributed by atoms with van der Waals surface area (Å²) in [6.07, 6.45) is 0. The molecule has 0 radical (unpaired) electrons. The molecule has 0 saturated carbocycles. The molecule has 1 heterocycles. The summed E-state index contributed by atoms with van der Waals surface area (Å²) in [5.41, 5.74) is 2.68. The second-order valence-corrected chi connectivity index (χ2v) is 7.83. The molecule has 7 heteroatoms. The lowest BCUT2D eigenvalue weighted by atomic mass is 10.3. The van der Waals surface area contributed by atoms with Crippen molar-refractivity contribution in [2.75, 3.05) is 0 Å². The second kappa shape index (κ2) is 6.98. The minimum atomic E-state index is 0.855. The lowest BCUT2D eigenvalue weighted by Gasteiger charge is -1.96. The van der Waals surface area contributed by atoms with E-state index in [2.05, 4.69) is 31.9 Å². The molecule has 0 fully saturated rings. The van der Waals surface area contributed by atoms with Gasteiger partial charge in [0.05, 0.1) is 11.4 Å². The Morgan fingerprint density at radius 2 is 1.26 bits per heavy atom. The van der Waals surface area contributed by atoms with E-state index >= 15 is 0 Å². The van der Waals surface area contributed by atoms with Gasteiger partial charge in [-0.2, -0.15) is 0 Å². The zero-order chi connectivity index (χ0) is 16.4. The molecule has 0 saturated heterocycles. The number of rotatable bonds is 2. The fraction of sp³-hybridized carbons (Fsp3) is 0.125. The highest BCUT2D eigenvalue weighted by Crippen LogP contribution is 2.17. The SMILES string of the molecule is Cn1sc(=Nc2ccc(Br)cc2)n(C)c1=Nc1ccc(Br)cc1. The maximum Gasteiger partial charge on any atom is 0.221 e. The van der Waals surface area contributed by atoms with E-state index in [0.29, 0.717) is 0 Å². The smallest absolute Gasteiger partial charge is 0.221 e. The monoisotopic (exact) mass is 452 g/mol. The van der Waals surface area contributed by atoms with Crippen LogP contribution < -0.4 is 10.4 Å². The zero-order valence-electron chi connectivity index (χ0n) is 12.6. The van der Waals surface area contributed by atoms with Gasteiger partial charge in [0.1, 0.15) is 0 Å². The second-order valence-electron chi connectivity index (χ2n) is 4.91. The molecule has 1 aromatic heterocycles. The number of hydrogen-bond donors (Lipinski definition) is 0. The molecule has 118 valence electrons. The first kappa shape index (κ1) is 16.4. The Hall–Kier alpha value is -1.44. The third kappa shape index (κ3) is 3.91. The molecule has 2 aromatic carbocycles. The molecule has 0 aliphatic heterocycles. The largest absolute Gasteiger partial charge is 0.289 e. The summed E-state index contributed by atoms with van der Waals surface area (Å²) in [4.78, 5) is 10.3. The molecule has 0 amide bonds. The Morgan fingerprint density at radius 1 is 0.783 bits per heavy atom. The molecule has 23 heavy (non-hydrogen) atoms. The maximum absolute atomic E-state index is 4.71. The summed E-state index contributed by atoms with van der Waals surface area (Å²) < 4.78 is 6.10. The van der Waals surface area contributed by atoms with E-state index in [1.165, 1.54) is 0 Å². The number of halogens is 2. The Bertz CT molecular complexity index is 947. The van der Waals surface area contributed by atoms with Crippen molar-refractivity contribution < 1.29 is 0 Å². The van der Waals surface area contributed by atoms with Gasteiger partial charge in [-0.25, -0.2) is 9.98 Å². The van der Waals surface area contributed by atoms with Gasteiger partial charge in [-0.3, -0.25) is 8.52 Å². The summed E-state index contributed by atoms with van der Waals surface area (Å²) in [5.74, 6) is 0. The molecule has 0 aliphatic carbocycles. The molecule has 0 bridgehead atoms. The number of benzene rings is 2. The molecule has 0 spiro atoms. The predicted octanol–water partition coefficient (Wildman–Crippen LogP) is 4.41. The molecule has 3 rings (SSSR count). The lowest BCUT2D eigenvalue weighted by molar-refractivity contribution is 0.738. The number of hydrogen-bond acceptors (Lipinski definition) is 3. The molecular weight excluding hydrogens is 440 g/mol. The van der Waals surface area contributed by atoms with E-state index in [1.807, 2.05) is 71.2 Å². The third-order valence-corrected chi connectivity index (χ3v) is 5.22. The molecule has 3 aromatic rings. The van der Waals surface area contributed by atoms with Gasteiger partial charge in [-0.1, -0.05) is 31.9 Å². The van der Waals surface area contributed by atoms with Crippen molar-refractivity contribution in [1.82, 2.24) is 8.52 Å². The Labute approximate surface area is 154 Å². The van der Waals surface area contributed by atoms with E-state index in [0.717, 1.165) is 30.7 Å². The van der Waals surface area contributed by atoms with Crippen LogP contribution in [-0.4, -0.2) is 8.52 Å². The van der Waals surface area contributed by atoms with Gasteiger partial charge in [0.2, 0.25) is 10.4 Å². The van der Waals surface area contributed by atoms with E-state index in [4.69, 9.17) is 9.98 Å². The van der Waals surface area contributed by atoms with Gasteiger partial charge in [0, 0.05) is 23.0 Å². The zero-order valence-corrected chi connectivity index (χ0v) is 16.6. The van der Waals surface area contributed by atoms with Crippen LogP contribution in [0.3, 0.4) is 0 Å². The molecule has 0 aliphatic rings. The Morgan fingerprint density at radius 3 is 1.78 bits per heavy atom. The summed E-state index contributed by atoms with van der Waals surface area (Å²) in [5, 5.41) is 0. The van der Waals surface area contributed by atoms with Gasteiger partial charge in [0.25, 0.3) is 0 Å². The van der Waals surface area contributed by atoms with Crippen molar-refractivity contribution in [2.24, 2.45) is 24.1 Å². The van der Waals surface area contributed by atoms with Gasteiger partial charge >= 0.3 is 0 Å². The Balaban J connectivity index is 2.09. The maximum atomic E-state index is 4.71. The first-order chi connectivity index (χ1) is 11.0. The molecule has 4 nitrogen and oxygen atoms in total. The van der Waals surface area contributed by atoms with Crippen molar-refractivity contribution in [2.45, 2.75) is 0 Å². The van der Waals surface area contributed by atoms with Crippen molar-refractivity contribution >= 4 is 54.8 Å². The molecule has 0 atom stereocenters. The van der Waals surface area contributed by atoms with Gasteiger partial charge in [-0.15, -0.1) is 0 Å². The highest BCUT2D eigenvalue weighted by atomic mass is 79.9. The van der Waals surface area contributed by atoms with Crippen LogP contribution in [0.25, 0.3) is 0 Å². The van der Waals surface area contributed by atoms with E-state index in [-0.39, 0.29) is 0 Å². The minimum Gasteiger partial charge on any atom is -0.289 e. The summed E-state index contributed by atoms with van der Waals surface area (Å²) in [6, 6.07) is 15.9. The van der Waals surface area contributed by atoms with Crippen LogP contribution in [0.15, 0.2) is 67.5 Å². The van der Waals surface area contributed by atoms with Crippen molar-refractivity contribution in [3.05, 3.63) is 67.9 Å². The topological polar surface area (TPSA) is 34.6 Å². The number of nitrogens with zero attached hydrogens (tertiary/aromatic N) is 4. The molecule has 0 N–H and O–H groups in total. The first-order valence-electron chi connectivity index (χ1n) is 6.87. The van der Waals surface area contributed by atoms with Crippen LogP contribution in [0, 0.1) is 0 Å². The predicted molar refractivity (Wildman–Crippen MR) is 101 cm³/mol. The van der Waals surface area contributed by atoms with Crippen LogP contribution in [-0.2, 0) is 14.1 Å². The molecule has 0 unspecified atom stereocenters. The van der Waals surface area contributed by atoms with Crippen molar-refractivity contribution in [3.63, 3.8) is 0 Å².